The van der Waals surface area contributed by atoms with Crippen molar-refractivity contribution in [3.8, 4) is 5.75 Å². The molecule has 110 valence electrons. The summed E-state index contributed by atoms with van der Waals surface area (Å²) in [5.41, 5.74) is 6.52. The monoisotopic (exact) mass is 305 g/mol. The summed E-state index contributed by atoms with van der Waals surface area (Å²) in [7, 11) is -3.21. The van der Waals surface area contributed by atoms with E-state index < -0.39 is 9.84 Å². The van der Waals surface area contributed by atoms with Crippen molar-refractivity contribution in [2.75, 3.05) is 6.26 Å². The van der Waals surface area contributed by atoms with Crippen molar-refractivity contribution in [1.82, 2.24) is 4.98 Å². The van der Waals surface area contributed by atoms with Gasteiger partial charge in [-0.25, -0.2) is 8.42 Å². The highest BCUT2D eigenvalue weighted by molar-refractivity contribution is 7.90. The molecule has 3 N–H and O–H groups in total. The van der Waals surface area contributed by atoms with Crippen LogP contribution in [0.4, 0.5) is 0 Å². The van der Waals surface area contributed by atoms with Crippen LogP contribution in [0.25, 0.3) is 0 Å². The van der Waals surface area contributed by atoms with E-state index in [1.807, 2.05) is 0 Å². The van der Waals surface area contributed by atoms with Gasteiger partial charge >= 0.3 is 0 Å². The predicted octanol–water partition coefficient (Wildman–Crippen LogP) is 1.35. The maximum absolute atomic E-state index is 11.4. The molecule has 0 aliphatic rings. The number of nitrogens with zero attached hydrogens (tertiary/aromatic N) is 1. The summed E-state index contributed by atoms with van der Waals surface area (Å²) in [5.74, 6) is 0.405. The summed E-state index contributed by atoms with van der Waals surface area (Å²) in [6, 6.07) is 9.65. The number of rotatable bonds is 5. The first-order valence-electron chi connectivity index (χ1n) is 6.09. The van der Waals surface area contributed by atoms with Crippen LogP contribution in [0.15, 0.2) is 47.5 Å². The van der Waals surface area contributed by atoms with Crippen LogP contribution in [0.2, 0.25) is 0 Å². The number of amidine groups is 1. The Morgan fingerprint density at radius 3 is 2.52 bits per heavy atom. The maximum atomic E-state index is 11.4. The van der Waals surface area contributed by atoms with Gasteiger partial charge in [-0.15, -0.1) is 0 Å². The third-order valence-electron chi connectivity index (χ3n) is 2.79. The van der Waals surface area contributed by atoms with Gasteiger partial charge in [0.05, 0.1) is 4.90 Å². The highest BCUT2D eigenvalue weighted by Crippen LogP contribution is 2.17. The van der Waals surface area contributed by atoms with Crippen molar-refractivity contribution in [2.24, 2.45) is 5.73 Å². The second-order valence-electron chi connectivity index (χ2n) is 4.46. The molecule has 0 aliphatic heterocycles. The van der Waals surface area contributed by atoms with Crippen LogP contribution in [-0.2, 0) is 16.4 Å². The van der Waals surface area contributed by atoms with Crippen molar-refractivity contribution >= 4 is 15.7 Å². The molecule has 0 amide bonds. The van der Waals surface area contributed by atoms with Crippen LogP contribution < -0.4 is 10.5 Å². The van der Waals surface area contributed by atoms with Crippen molar-refractivity contribution in [3.05, 3.63) is 53.9 Å². The minimum absolute atomic E-state index is 0.123. The number of ether oxygens (including phenoxy) is 1. The molecule has 2 aromatic rings. The maximum Gasteiger partial charge on any atom is 0.175 e. The van der Waals surface area contributed by atoms with Gasteiger partial charge in [0.1, 0.15) is 23.9 Å². The molecule has 7 heteroatoms. The van der Waals surface area contributed by atoms with Gasteiger partial charge in [0.15, 0.2) is 9.84 Å². The Bertz CT molecular complexity index is 755. The Morgan fingerprint density at radius 2 is 1.95 bits per heavy atom. The van der Waals surface area contributed by atoms with Crippen LogP contribution >= 0.6 is 0 Å². The van der Waals surface area contributed by atoms with Crippen LogP contribution in [-0.4, -0.2) is 25.5 Å². The topological polar surface area (TPSA) is 106 Å². The lowest BCUT2D eigenvalue weighted by molar-refractivity contribution is 0.305. The fourth-order valence-corrected chi connectivity index (χ4v) is 2.37. The van der Waals surface area contributed by atoms with Crippen LogP contribution in [0.3, 0.4) is 0 Å². The quantitative estimate of drug-likeness (QED) is 0.640. The van der Waals surface area contributed by atoms with Crippen molar-refractivity contribution in [1.29, 1.82) is 5.41 Å². The van der Waals surface area contributed by atoms with Crippen LogP contribution in [0, 0.1) is 5.41 Å². The smallest absolute Gasteiger partial charge is 0.175 e. The minimum Gasteiger partial charge on any atom is -0.489 e. The van der Waals surface area contributed by atoms with Crippen LogP contribution in [0.5, 0.6) is 5.75 Å². The third-order valence-corrected chi connectivity index (χ3v) is 3.92. The SMILES string of the molecule is CS(=O)(=O)c1ccc(OCc2cccnc2C(=N)N)cc1. The zero-order chi connectivity index (χ0) is 15.5. The molecule has 0 atom stereocenters. The molecule has 1 aromatic heterocycles. The lowest BCUT2D eigenvalue weighted by Crippen LogP contribution is -2.16. The number of aromatic nitrogens is 1. The molecule has 0 radical (unpaired) electrons. The summed E-state index contributed by atoms with van der Waals surface area (Å²) in [6.07, 6.45) is 2.71. The number of hydrogen-bond donors (Lipinski definition) is 2. The van der Waals surface area contributed by atoms with Gasteiger partial charge in [-0.3, -0.25) is 10.4 Å². The molecule has 21 heavy (non-hydrogen) atoms. The average Bonchev–Trinajstić information content (AvgIpc) is 2.45. The van der Waals surface area contributed by atoms with E-state index in [1.165, 1.54) is 12.1 Å². The number of nitrogens with one attached hydrogen (secondary N) is 1. The molecule has 0 aliphatic carbocycles. The summed E-state index contributed by atoms with van der Waals surface area (Å²) in [5, 5.41) is 7.45. The van der Waals surface area contributed by atoms with E-state index in [4.69, 9.17) is 15.9 Å². The molecule has 0 fully saturated rings. The van der Waals surface area contributed by atoms with E-state index in [1.54, 1.807) is 30.5 Å². The molecular weight excluding hydrogens is 290 g/mol. The van der Waals surface area contributed by atoms with E-state index in [2.05, 4.69) is 4.98 Å². The van der Waals surface area contributed by atoms with Crippen molar-refractivity contribution < 1.29 is 13.2 Å². The number of nitrogens with two attached hydrogens (primary N) is 1. The Balaban J connectivity index is 2.12. The van der Waals surface area contributed by atoms with Crippen molar-refractivity contribution in [2.45, 2.75) is 11.5 Å². The van der Waals surface area contributed by atoms with Gasteiger partial charge < -0.3 is 10.5 Å². The van der Waals surface area contributed by atoms with Gasteiger partial charge in [0.2, 0.25) is 0 Å². The molecule has 0 bridgehead atoms. The first-order chi connectivity index (χ1) is 9.88. The first kappa shape index (κ1) is 15.0. The zero-order valence-electron chi connectivity index (χ0n) is 11.4. The molecule has 1 aromatic carbocycles. The molecule has 6 nitrogen and oxygen atoms in total. The number of sulfone groups is 1. The Kier molecular flexibility index (Phi) is 4.23. The van der Waals surface area contributed by atoms with E-state index in [0.717, 1.165) is 6.26 Å². The number of pyridine rings is 1. The van der Waals surface area contributed by atoms with E-state index in [9.17, 15) is 8.42 Å². The largest absolute Gasteiger partial charge is 0.489 e. The zero-order valence-corrected chi connectivity index (χ0v) is 12.2. The lowest BCUT2D eigenvalue weighted by atomic mass is 10.2. The first-order valence-corrected chi connectivity index (χ1v) is 7.98. The molecule has 2 rings (SSSR count). The van der Waals surface area contributed by atoms with Gasteiger partial charge in [0, 0.05) is 18.0 Å². The van der Waals surface area contributed by atoms with Crippen LogP contribution in [0.1, 0.15) is 11.3 Å². The number of nitrogen functional groups attached to an aromatic ring is 1. The second-order valence-corrected chi connectivity index (χ2v) is 6.47. The normalized spacial score (nSPS) is 11.1. The Labute approximate surface area is 123 Å². The summed E-state index contributed by atoms with van der Waals surface area (Å²) >= 11 is 0. The average molecular weight is 305 g/mol. The van der Waals surface area contributed by atoms with E-state index in [0.29, 0.717) is 17.0 Å². The highest BCUT2D eigenvalue weighted by atomic mass is 32.2. The number of hydrogen-bond acceptors (Lipinski definition) is 5. The van der Waals surface area contributed by atoms with E-state index >= 15 is 0 Å². The summed E-state index contributed by atoms with van der Waals surface area (Å²) < 4.78 is 28.3. The Morgan fingerprint density at radius 1 is 1.29 bits per heavy atom. The fourth-order valence-electron chi connectivity index (χ4n) is 1.74. The summed E-state index contributed by atoms with van der Waals surface area (Å²) in [6.45, 7) is 0.195. The molecule has 0 saturated heterocycles. The van der Waals surface area contributed by atoms with Gasteiger partial charge in [-0.1, -0.05) is 6.07 Å². The molecule has 0 spiro atoms. The fraction of sp³-hybridized carbons (Fsp3) is 0.143. The summed E-state index contributed by atoms with van der Waals surface area (Å²) in [4.78, 5) is 4.26. The van der Waals surface area contributed by atoms with E-state index in [-0.39, 0.29) is 17.3 Å². The predicted molar refractivity (Wildman–Crippen MR) is 79.1 cm³/mol. The minimum atomic E-state index is -3.21. The molecule has 0 saturated carbocycles. The second kappa shape index (κ2) is 5.92. The lowest BCUT2D eigenvalue weighted by Gasteiger charge is -2.09. The molecular formula is C14H15N3O3S. The van der Waals surface area contributed by atoms with Gasteiger partial charge in [-0.2, -0.15) is 0 Å². The van der Waals surface area contributed by atoms with Gasteiger partial charge in [0.25, 0.3) is 0 Å². The van der Waals surface area contributed by atoms with Crippen molar-refractivity contribution in [3.63, 3.8) is 0 Å². The molecule has 1 heterocycles. The standard InChI is InChI=1S/C14H15N3O3S/c1-21(18,19)12-6-4-11(5-7-12)20-9-10-3-2-8-17-13(10)14(15)16/h2-8H,9H2,1H3,(H3,15,16). The van der Waals surface area contributed by atoms with Gasteiger partial charge in [-0.05, 0) is 30.3 Å². The molecule has 0 unspecified atom stereocenters. The Hall–Kier alpha value is -2.41. The third kappa shape index (κ3) is 3.79. The number of benzene rings is 1. The highest BCUT2D eigenvalue weighted by Gasteiger charge is 2.09.